The highest BCUT2D eigenvalue weighted by atomic mass is 15.1. The minimum Gasteiger partial charge on any atom is -0.372 e. The molecule has 132 valence electrons. The highest BCUT2D eigenvalue weighted by molar-refractivity contribution is 5.60. The Kier molecular flexibility index (Phi) is 5.53. The highest BCUT2D eigenvalue weighted by Gasteiger charge is 2.15. The molecular formula is C20H27N5. The molecule has 5 nitrogen and oxygen atoms in total. The lowest BCUT2D eigenvalue weighted by atomic mass is 9.99. The van der Waals surface area contributed by atoms with Crippen molar-refractivity contribution in [2.45, 2.75) is 26.7 Å². The maximum atomic E-state index is 4.50. The van der Waals surface area contributed by atoms with Crippen molar-refractivity contribution in [3.8, 4) is 0 Å². The topological polar surface area (TPSA) is 53.1 Å². The van der Waals surface area contributed by atoms with Crippen LogP contribution in [0.15, 0.2) is 43.0 Å². The lowest BCUT2D eigenvalue weighted by molar-refractivity contribution is 0.438. The van der Waals surface area contributed by atoms with E-state index in [1.807, 2.05) is 19.1 Å². The predicted octanol–water partition coefficient (Wildman–Crippen LogP) is 4.36. The van der Waals surface area contributed by atoms with Gasteiger partial charge in [-0.3, -0.25) is 0 Å². The van der Waals surface area contributed by atoms with Crippen molar-refractivity contribution in [2.24, 2.45) is 5.92 Å². The molecule has 0 spiro atoms. The first kappa shape index (κ1) is 17.3. The highest BCUT2D eigenvalue weighted by Crippen LogP contribution is 2.25. The normalized spacial score (nSPS) is 15.0. The van der Waals surface area contributed by atoms with Crippen molar-refractivity contribution in [1.82, 2.24) is 9.97 Å². The summed E-state index contributed by atoms with van der Waals surface area (Å²) < 4.78 is 0. The van der Waals surface area contributed by atoms with Crippen LogP contribution >= 0.6 is 0 Å². The number of benzene rings is 1. The molecule has 0 saturated carbocycles. The Morgan fingerprint density at radius 2 is 1.92 bits per heavy atom. The molecular weight excluding hydrogens is 310 g/mol. The van der Waals surface area contributed by atoms with Gasteiger partial charge in [-0.05, 0) is 49.9 Å². The van der Waals surface area contributed by atoms with Crippen molar-refractivity contribution in [3.05, 3.63) is 48.7 Å². The minimum absolute atomic E-state index is 0.603. The van der Waals surface area contributed by atoms with Crippen molar-refractivity contribution < 1.29 is 0 Å². The molecule has 1 aliphatic heterocycles. The summed E-state index contributed by atoms with van der Waals surface area (Å²) >= 11 is 0. The zero-order valence-corrected chi connectivity index (χ0v) is 15.1. The standard InChI is InChI=1S/C20H27N5/c1-4-11-21-19-14-16(3)22-20(24-19)23-17-5-7-18(8-6-17)25-12-9-15(2)10-13-25/h4-8,14-15H,1,9-13H2,2-3H3,(H2,21,22,23,24). The number of rotatable bonds is 6. The van der Waals surface area contributed by atoms with E-state index in [0.717, 1.165) is 36.2 Å². The second-order valence-corrected chi connectivity index (χ2v) is 6.73. The van der Waals surface area contributed by atoms with Crippen LogP contribution in [0.5, 0.6) is 0 Å². The Bertz CT molecular complexity index is 703. The van der Waals surface area contributed by atoms with Gasteiger partial charge in [0.05, 0.1) is 0 Å². The maximum absolute atomic E-state index is 4.50. The van der Waals surface area contributed by atoms with E-state index in [9.17, 15) is 0 Å². The molecule has 2 heterocycles. The summed E-state index contributed by atoms with van der Waals surface area (Å²) in [6.45, 7) is 11.0. The van der Waals surface area contributed by atoms with E-state index in [1.54, 1.807) is 0 Å². The Balaban J connectivity index is 1.67. The minimum atomic E-state index is 0.603. The molecule has 0 amide bonds. The SMILES string of the molecule is C=CCNc1cc(C)nc(Nc2ccc(N3CCC(C)CC3)cc2)n1. The number of aryl methyl sites for hydroxylation is 1. The van der Waals surface area contributed by atoms with Gasteiger partial charge in [0.2, 0.25) is 5.95 Å². The summed E-state index contributed by atoms with van der Waals surface area (Å²) in [5.41, 5.74) is 3.20. The average molecular weight is 337 g/mol. The molecule has 1 aromatic carbocycles. The molecule has 1 aromatic heterocycles. The lowest BCUT2D eigenvalue weighted by Crippen LogP contribution is -2.32. The molecule has 0 aliphatic carbocycles. The molecule has 0 radical (unpaired) electrons. The number of anilines is 4. The van der Waals surface area contributed by atoms with Gasteiger partial charge in [-0.25, -0.2) is 4.98 Å². The van der Waals surface area contributed by atoms with Crippen LogP contribution in [0.25, 0.3) is 0 Å². The van der Waals surface area contributed by atoms with Crippen molar-refractivity contribution in [1.29, 1.82) is 0 Å². The molecule has 0 unspecified atom stereocenters. The summed E-state index contributed by atoms with van der Waals surface area (Å²) in [4.78, 5) is 11.4. The van der Waals surface area contributed by atoms with Gasteiger partial charge in [-0.2, -0.15) is 4.98 Å². The molecule has 1 saturated heterocycles. The van der Waals surface area contributed by atoms with E-state index in [4.69, 9.17) is 0 Å². The first-order chi connectivity index (χ1) is 12.1. The second kappa shape index (κ2) is 8.01. The zero-order valence-electron chi connectivity index (χ0n) is 15.1. The lowest BCUT2D eigenvalue weighted by Gasteiger charge is -2.32. The third kappa shape index (κ3) is 4.72. The van der Waals surface area contributed by atoms with Crippen LogP contribution in [0.3, 0.4) is 0 Å². The Morgan fingerprint density at radius 1 is 1.20 bits per heavy atom. The quantitative estimate of drug-likeness (QED) is 0.767. The molecule has 2 aromatic rings. The van der Waals surface area contributed by atoms with Crippen molar-refractivity contribution in [2.75, 3.05) is 35.2 Å². The summed E-state index contributed by atoms with van der Waals surface area (Å²) in [5, 5.41) is 6.49. The number of hydrogen-bond acceptors (Lipinski definition) is 5. The molecule has 0 atom stereocenters. The van der Waals surface area contributed by atoms with Gasteiger partial charge in [0.25, 0.3) is 0 Å². The van der Waals surface area contributed by atoms with Crippen LogP contribution in [0, 0.1) is 12.8 Å². The van der Waals surface area contributed by atoms with Gasteiger partial charge >= 0.3 is 0 Å². The van der Waals surface area contributed by atoms with E-state index in [1.165, 1.54) is 18.5 Å². The van der Waals surface area contributed by atoms with Gasteiger partial charge < -0.3 is 15.5 Å². The van der Waals surface area contributed by atoms with Crippen LogP contribution in [0.1, 0.15) is 25.5 Å². The van der Waals surface area contributed by atoms with E-state index in [2.05, 4.69) is 63.3 Å². The predicted molar refractivity (Wildman–Crippen MR) is 106 cm³/mol. The zero-order chi connectivity index (χ0) is 17.6. The summed E-state index contributed by atoms with van der Waals surface area (Å²) in [7, 11) is 0. The number of hydrogen-bond donors (Lipinski definition) is 2. The van der Waals surface area contributed by atoms with Gasteiger partial charge in [-0.15, -0.1) is 6.58 Å². The first-order valence-electron chi connectivity index (χ1n) is 8.96. The third-order valence-corrected chi connectivity index (χ3v) is 4.55. The molecule has 1 fully saturated rings. The van der Waals surface area contributed by atoms with Crippen LogP contribution in [-0.4, -0.2) is 29.6 Å². The van der Waals surface area contributed by atoms with Crippen LogP contribution in [0.2, 0.25) is 0 Å². The monoisotopic (exact) mass is 337 g/mol. The second-order valence-electron chi connectivity index (χ2n) is 6.73. The average Bonchev–Trinajstić information content (AvgIpc) is 2.61. The molecule has 1 aliphatic rings. The summed E-state index contributed by atoms with van der Waals surface area (Å²) in [5.74, 6) is 2.25. The molecule has 3 rings (SSSR count). The van der Waals surface area contributed by atoms with E-state index < -0.39 is 0 Å². The van der Waals surface area contributed by atoms with Crippen LogP contribution in [0.4, 0.5) is 23.1 Å². The smallest absolute Gasteiger partial charge is 0.229 e. The number of piperidine rings is 1. The van der Waals surface area contributed by atoms with Crippen LogP contribution < -0.4 is 15.5 Å². The van der Waals surface area contributed by atoms with E-state index >= 15 is 0 Å². The fourth-order valence-electron chi connectivity index (χ4n) is 3.04. The van der Waals surface area contributed by atoms with Gasteiger partial charge in [-0.1, -0.05) is 13.0 Å². The molecule has 5 heteroatoms. The summed E-state index contributed by atoms with van der Waals surface area (Å²) in [6.07, 6.45) is 4.36. The molecule has 2 N–H and O–H groups in total. The maximum Gasteiger partial charge on any atom is 0.229 e. The third-order valence-electron chi connectivity index (χ3n) is 4.55. The Morgan fingerprint density at radius 3 is 2.60 bits per heavy atom. The molecule has 0 bridgehead atoms. The Hall–Kier alpha value is -2.56. The van der Waals surface area contributed by atoms with Crippen molar-refractivity contribution in [3.63, 3.8) is 0 Å². The number of aromatic nitrogens is 2. The van der Waals surface area contributed by atoms with Gasteiger partial charge in [0.15, 0.2) is 0 Å². The summed E-state index contributed by atoms with van der Waals surface area (Å²) in [6, 6.07) is 10.5. The number of nitrogens with zero attached hydrogens (tertiary/aromatic N) is 3. The molecule has 25 heavy (non-hydrogen) atoms. The first-order valence-corrected chi connectivity index (χ1v) is 8.96. The van der Waals surface area contributed by atoms with E-state index in [-0.39, 0.29) is 0 Å². The number of nitrogens with one attached hydrogen (secondary N) is 2. The van der Waals surface area contributed by atoms with E-state index in [0.29, 0.717) is 12.5 Å². The van der Waals surface area contributed by atoms with Crippen molar-refractivity contribution >= 4 is 23.1 Å². The van der Waals surface area contributed by atoms with Gasteiger partial charge in [0.1, 0.15) is 5.82 Å². The largest absolute Gasteiger partial charge is 0.372 e. The van der Waals surface area contributed by atoms with Gasteiger partial charge in [0, 0.05) is 42.8 Å². The fraction of sp³-hybridized carbons (Fsp3) is 0.400. The fourth-order valence-corrected chi connectivity index (χ4v) is 3.04. The van der Waals surface area contributed by atoms with Crippen LogP contribution in [-0.2, 0) is 0 Å². The Labute approximate surface area is 150 Å².